The first-order valence-electron chi connectivity index (χ1n) is 4.61. The molecule has 0 amide bonds. The molecule has 1 heterocycles. The summed E-state index contributed by atoms with van der Waals surface area (Å²) in [5, 5.41) is 18.7. The van der Waals surface area contributed by atoms with Crippen molar-refractivity contribution in [3.05, 3.63) is 35.3 Å². The summed E-state index contributed by atoms with van der Waals surface area (Å²) in [6.45, 7) is 0. The van der Waals surface area contributed by atoms with Gasteiger partial charge in [-0.05, 0) is 12.1 Å². The van der Waals surface area contributed by atoms with E-state index >= 15 is 0 Å². The van der Waals surface area contributed by atoms with E-state index in [2.05, 4.69) is 4.98 Å². The Bertz CT molecular complexity index is 521. The van der Waals surface area contributed by atoms with Crippen LogP contribution in [0.15, 0.2) is 30.5 Å². The van der Waals surface area contributed by atoms with Gasteiger partial charge in [-0.3, -0.25) is 4.79 Å². The fourth-order valence-electron chi connectivity index (χ4n) is 1.31. The summed E-state index contributed by atoms with van der Waals surface area (Å²) in [5.41, 5.74) is 0.793. The van der Waals surface area contributed by atoms with Crippen LogP contribution in [0.2, 0.25) is 0 Å². The fourth-order valence-corrected chi connectivity index (χ4v) is 2.21. The molecule has 1 aromatic heterocycles. The lowest BCUT2D eigenvalue weighted by Crippen LogP contribution is -1.97. The number of hydrogen-bond donors (Lipinski definition) is 2. The molecule has 16 heavy (non-hydrogen) atoms. The lowest BCUT2D eigenvalue weighted by atomic mass is 10.2. The van der Waals surface area contributed by atoms with E-state index in [4.69, 9.17) is 5.11 Å². The highest BCUT2D eigenvalue weighted by Crippen LogP contribution is 2.27. The summed E-state index contributed by atoms with van der Waals surface area (Å²) in [5.74, 6) is -0.696. The van der Waals surface area contributed by atoms with Crippen LogP contribution in [0.3, 0.4) is 0 Å². The lowest BCUT2D eigenvalue weighted by Gasteiger charge is -1.96. The van der Waals surface area contributed by atoms with Gasteiger partial charge in [0.25, 0.3) is 0 Å². The van der Waals surface area contributed by atoms with Gasteiger partial charge in [0, 0.05) is 16.6 Å². The first kappa shape index (κ1) is 10.6. The highest BCUT2D eigenvalue weighted by Gasteiger charge is 2.07. The molecule has 0 aliphatic rings. The molecule has 1 aromatic carbocycles. The number of phenols is 1. The van der Waals surface area contributed by atoms with Crippen molar-refractivity contribution in [1.29, 1.82) is 0 Å². The molecule has 0 bridgehead atoms. The predicted molar refractivity (Wildman–Crippen MR) is 60.6 cm³/mol. The third-order valence-corrected chi connectivity index (χ3v) is 3.02. The summed E-state index contributed by atoms with van der Waals surface area (Å²) in [7, 11) is 0. The Balaban J connectivity index is 2.28. The number of rotatable bonds is 3. The Morgan fingerprint density at radius 2 is 2.25 bits per heavy atom. The molecule has 0 spiro atoms. The largest absolute Gasteiger partial charge is 0.508 e. The third kappa shape index (κ3) is 2.38. The van der Waals surface area contributed by atoms with Gasteiger partial charge in [-0.15, -0.1) is 11.3 Å². The van der Waals surface area contributed by atoms with Gasteiger partial charge in [0.2, 0.25) is 0 Å². The van der Waals surface area contributed by atoms with Crippen molar-refractivity contribution >= 4 is 17.3 Å². The van der Waals surface area contributed by atoms with Crippen molar-refractivity contribution in [2.75, 3.05) is 0 Å². The normalized spacial score (nSPS) is 10.2. The van der Waals surface area contributed by atoms with Crippen molar-refractivity contribution in [2.45, 2.75) is 6.42 Å². The fraction of sp³-hybridized carbons (Fsp3) is 0.0909. The number of carbonyl (C=O) groups is 1. The SMILES string of the molecule is O=C(O)Cc1cnc(-c2cccc(O)c2)s1. The van der Waals surface area contributed by atoms with E-state index in [9.17, 15) is 9.90 Å². The first-order valence-corrected chi connectivity index (χ1v) is 5.43. The molecular formula is C11H9NO3S. The van der Waals surface area contributed by atoms with Crippen molar-refractivity contribution in [1.82, 2.24) is 4.98 Å². The van der Waals surface area contributed by atoms with Crippen LogP contribution in [0.1, 0.15) is 4.88 Å². The van der Waals surface area contributed by atoms with Crippen LogP contribution < -0.4 is 0 Å². The first-order chi connectivity index (χ1) is 7.65. The van der Waals surface area contributed by atoms with Gasteiger partial charge >= 0.3 is 5.97 Å². The van der Waals surface area contributed by atoms with Crippen LogP contribution >= 0.6 is 11.3 Å². The smallest absolute Gasteiger partial charge is 0.308 e. The molecule has 0 unspecified atom stereocenters. The second kappa shape index (κ2) is 4.32. The zero-order chi connectivity index (χ0) is 11.5. The van der Waals surface area contributed by atoms with Gasteiger partial charge in [0.1, 0.15) is 10.8 Å². The standard InChI is InChI=1S/C11H9NO3S/c13-8-3-1-2-7(4-8)11-12-6-9(16-11)5-10(14)15/h1-4,6,13H,5H2,(H,14,15). The number of thiazole rings is 1. The maximum absolute atomic E-state index is 10.5. The lowest BCUT2D eigenvalue weighted by molar-refractivity contribution is -0.136. The van der Waals surface area contributed by atoms with Crippen LogP contribution in [0.4, 0.5) is 0 Å². The minimum absolute atomic E-state index is 0.0174. The number of aromatic nitrogens is 1. The molecule has 0 aliphatic heterocycles. The zero-order valence-corrected chi connectivity index (χ0v) is 9.07. The highest BCUT2D eigenvalue weighted by atomic mass is 32.1. The van der Waals surface area contributed by atoms with E-state index in [-0.39, 0.29) is 12.2 Å². The number of carboxylic acid groups (broad SMARTS) is 1. The number of nitrogens with zero attached hydrogens (tertiary/aromatic N) is 1. The second-order valence-electron chi connectivity index (χ2n) is 3.25. The molecule has 2 N–H and O–H groups in total. The molecule has 0 saturated heterocycles. The van der Waals surface area contributed by atoms with Crippen LogP contribution in [-0.4, -0.2) is 21.2 Å². The minimum Gasteiger partial charge on any atom is -0.508 e. The van der Waals surface area contributed by atoms with Crippen LogP contribution in [0.5, 0.6) is 5.75 Å². The van der Waals surface area contributed by atoms with Gasteiger partial charge in [0.15, 0.2) is 0 Å². The number of aliphatic carboxylic acids is 1. The molecule has 2 rings (SSSR count). The zero-order valence-electron chi connectivity index (χ0n) is 8.25. The number of hydrogen-bond acceptors (Lipinski definition) is 4. The second-order valence-corrected chi connectivity index (χ2v) is 4.37. The van der Waals surface area contributed by atoms with Crippen molar-refractivity contribution in [3.63, 3.8) is 0 Å². The predicted octanol–water partition coefficient (Wildman–Crippen LogP) is 2.14. The van der Waals surface area contributed by atoms with Crippen molar-refractivity contribution in [2.24, 2.45) is 0 Å². The summed E-state index contributed by atoms with van der Waals surface area (Å²) in [6, 6.07) is 6.73. The number of carboxylic acids is 1. The maximum atomic E-state index is 10.5. The molecule has 0 fully saturated rings. The van der Waals surface area contributed by atoms with Crippen LogP contribution in [0, 0.1) is 0 Å². The molecule has 4 nitrogen and oxygen atoms in total. The summed E-state index contributed by atoms with van der Waals surface area (Å²) >= 11 is 1.32. The number of benzene rings is 1. The highest BCUT2D eigenvalue weighted by molar-refractivity contribution is 7.15. The van der Waals surface area contributed by atoms with Crippen LogP contribution in [-0.2, 0) is 11.2 Å². The molecule has 2 aromatic rings. The van der Waals surface area contributed by atoms with E-state index in [0.29, 0.717) is 9.88 Å². The minimum atomic E-state index is -0.869. The molecule has 0 radical (unpaired) electrons. The number of phenolic OH excluding ortho intramolecular Hbond substituents is 1. The molecule has 0 atom stereocenters. The van der Waals surface area contributed by atoms with E-state index < -0.39 is 5.97 Å². The van der Waals surface area contributed by atoms with Gasteiger partial charge < -0.3 is 10.2 Å². The van der Waals surface area contributed by atoms with Crippen molar-refractivity contribution in [3.8, 4) is 16.3 Å². The van der Waals surface area contributed by atoms with E-state index in [1.54, 1.807) is 24.4 Å². The Kier molecular flexibility index (Phi) is 2.87. The molecular weight excluding hydrogens is 226 g/mol. The summed E-state index contributed by atoms with van der Waals surface area (Å²) in [6.07, 6.45) is 1.54. The Hall–Kier alpha value is -1.88. The van der Waals surface area contributed by atoms with Gasteiger partial charge in [0.05, 0.1) is 6.42 Å². The number of aromatic hydroxyl groups is 1. The van der Waals surface area contributed by atoms with E-state index in [1.165, 1.54) is 11.3 Å². The van der Waals surface area contributed by atoms with E-state index in [1.807, 2.05) is 6.07 Å². The van der Waals surface area contributed by atoms with Crippen LogP contribution in [0.25, 0.3) is 10.6 Å². The van der Waals surface area contributed by atoms with E-state index in [0.717, 1.165) is 5.56 Å². The van der Waals surface area contributed by atoms with Gasteiger partial charge in [-0.1, -0.05) is 12.1 Å². The monoisotopic (exact) mass is 235 g/mol. The Morgan fingerprint density at radius 3 is 2.94 bits per heavy atom. The molecule has 0 aliphatic carbocycles. The quantitative estimate of drug-likeness (QED) is 0.855. The van der Waals surface area contributed by atoms with Crippen molar-refractivity contribution < 1.29 is 15.0 Å². The molecule has 5 heteroatoms. The maximum Gasteiger partial charge on any atom is 0.308 e. The molecule has 82 valence electrons. The topological polar surface area (TPSA) is 70.4 Å². The Labute approximate surface area is 95.8 Å². The summed E-state index contributed by atoms with van der Waals surface area (Å²) < 4.78 is 0. The third-order valence-electron chi connectivity index (χ3n) is 1.97. The summed E-state index contributed by atoms with van der Waals surface area (Å²) in [4.78, 5) is 15.3. The van der Waals surface area contributed by atoms with Gasteiger partial charge in [-0.25, -0.2) is 4.98 Å². The van der Waals surface area contributed by atoms with Gasteiger partial charge in [-0.2, -0.15) is 0 Å². The Morgan fingerprint density at radius 1 is 1.44 bits per heavy atom. The average molecular weight is 235 g/mol. The average Bonchev–Trinajstić information content (AvgIpc) is 2.65. The molecule has 0 saturated carbocycles.